The molecule has 0 spiro atoms. The third kappa shape index (κ3) is 4.86. The number of phenolic OH excluding ortho intramolecular Hbond substituents is 1. The maximum atomic E-state index is 9.90. The lowest BCUT2D eigenvalue weighted by Crippen LogP contribution is -2.40. The fraction of sp³-hybridized carbons (Fsp3) is 0.474. The van der Waals surface area contributed by atoms with Gasteiger partial charge in [0, 0.05) is 26.2 Å². The van der Waals surface area contributed by atoms with Gasteiger partial charge in [0.2, 0.25) is 17.8 Å². The predicted molar refractivity (Wildman–Crippen MR) is 112 cm³/mol. The summed E-state index contributed by atoms with van der Waals surface area (Å²) in [4.78, 5) is 17.9. The molecule has 160 valence electrons. The molecular weight excluding hydrogens is 390 g/mol. The summed E-state index contributed by atoms with van der Waals surface area (Å²) in [5, 5.41) is 14.1. The van der Waals surface area contributed by atoms with Crippen molar-refractivity contribution in [2.45, 2.75) is 0 Å². The van der Waals surface area contributed by atoms with Gasteiger partial charge in [-0.2, -0.15) is 20.1 Å². The summed E-state index contributed by atoms with van der Waals surface area (Å²) in [6.45, 7) is 5.45. The molecule has 0 bridgehead atoms. The number of benzene rings is 1. The molecule has 2 aliphatic rings. The van der Waals surface area contributed by atoms with E-state index in [0.29, 0.717) is 55.6 Å². The van der Waals surface area contributed by atoms with E-state index in [1.54, 1.807) is 24.4 Å². The average molecular weight is 415 g/mol. The first-order valence-corrected chi connectivity index (χ1v) is 9.80. The van der Waals surface area contributed by atoms with Crippen LogP contribution in [0.4, 0.5) is 17.8 Å². The first-order chi connectivity index (χ1) is 14.7. The Labute approximate surface area is 174 Å². The molecule has 0 saturated carbocycles. The van der Waals surface area contributed by atoms with E-state index in [1.807, 2.05) is 0 Å². The van der Waals surface area contributed by atoms with Crippen LogP contribution in [0.25, 0.3) is 0 Å². The van der Waals surface area contributed by atoms with Crippen molar-refractivity contribution in [2.75, 3.05) is 74.9 Å². The highest BCUT2D eigenvalue weighted by molar-refractivity contribution is 5.81. The van der Waals surface area contributed by atoms with Crippen molar-refractivity contribution in [1.29, 1.82) is 0 Å². The van der Waals surface area contributed by atoms with Gasteiger partial charge in [0.1, 0.15) is 0 Å². The van der Waals surface area contributed by atoms with Crippen molar-refractivity contribution < 1.29 is 19.3 Å². The molecule has 1 aromatic carbocycles. The van der Waals surface area contributed by atoms with Gasteiger partial charge in [-0.05, 0) is 23.8 Å². The minimum absolute atomic E-state index is 0.0471. The maximum absolute atomic E-state index is 9.90. The highest BCUT2D eigenvalue weighted by Crippen LogP contribution is 2.25. The van der Waals surface area contributed by atoms with E-state index in [2.05, 4.69) is 35.3 Å². The minimum Gasteiger partial charge on any atom is -0.504 e. The smallest absolute Gasteiger partial charge is 0.250 e. The molecule has 11 nitrogen and oxygen atoms in total. The monoisotopic (exact) mass is 415 g/mol. The Kier molecular flexibility index (Phi) is 6.40. The van der Waals surface area contributed by atoms with Gasteiger partial charge in [0.15, 0.2) is 11.5 Å². The molecule has 2 fully saturated rings. The zero-order chi connectivity index (χ0) is 20.8. The van der Waals surface area contributed by atoms with Crippen LogP contribution in [0.15, 0.2) is 23.3 Å². The summed E-state index contributed by atoms with van der Waals surface area (Å²) in [5.41, 5.74) is 3.58. The number of hydrazone groups is 1. The van der Waals surface area contributed by atoms with Crippen LogP contribution in [-0.2, 0) is 9.47 Å². The van der Waals surface area contributed by atoms with Crippen molar-refractivity contribution >= 4 is 24.1 Å². The standard InChI is InChI=1S/C19H25N7O4/c1-28-16-3-2-14(12-15(16)27)13-20-24-17-21-18(25-4-8-29-9-5-25)23-19(22-17)26-6-10-30-11-7-26/h2-3,12-13,27H,4-11H2,1H3,(H,21,22,23,24)/b20-13+. The Hall–Kier alpha value is -3.18. The maximum Gasteiger partial charge on any atom is 0.250 e. The lowest BCUT2D eigenvalue weighted by atomic mass is 10.2. The third-order valence-corrected chi connectivity index (χ3v) is 4.78. The van der Waals surface area contributed by atoms with Crippen LogP contribution in [0.2, 0.25) is 0 Å². The number of aromatic hydroxyl groups is 1. The third-order valence-electron chi connectivity index (χ3n) is 4.78. The number of phenols is 1. The summed E-state index contributed by atoms with van der Waals surface area (Å²) in [7, 11) is 1.50. The molecule has 2 saturated heterocycles. The highest BCUT2D eigenvalue weighted by Gasteiger charge is 2.20. The molecular formula is C19H25N7O4. The number of nitrogens with one attached hydrogen (secondary N) is 1. The van der Waals surface area contributed by atoms with Gasteiger partial charge in [0.05, 0.1) is 39.8 Å². The van der Waals surface area contributed by atoms with E-state index in [-0.39, 0.29) is 5.75 Å². The number of anilines is 3. The molecule has 2 aliphatic heterocycles. The highest BCUT2D eigenvalue weighted by atomic mass is 16.5. The molecule has 2 aromatic rings. The second-order valence-corrected chi connectivity index (χ2v) is 6.76. The molecule has 30 heavy (non-hydrogen) atoms. The first-order valence-electron chi connectivity index (χ1n) is 9.80. The molecule has 0 radical (unpaired) electrons. The topological polar surface area (TPSA) is 117 Å². The number of aromatic nitrogens is 3. The molecule has 4 rings (SSSR count). The van der Waals surface area contributed by atoms with Gasteiger partial charge in [-0.15, -0.1) is 0 Å². The Morgan fingerprint density at radius 3 is 2.13 bits per heavy atom. The molecule has 0 unspecified atom stereocenters. The van der Waals surface area contributed by atoms with E-state index in [4.69, 9.17) is 14.2 Å². The fourth-order valence-corrected chi connectivity index (χ4v) is 3.17. The normalized spacial score (nSPS) is 17.4. The Morgan fingerprint density at radius 2 is 1.60 bits per heavy atom. The van der Waals surface area contributed by atoms with E-state index < -0.39 is 0 Å². The molecule has 0 atom stereocenters. The molecule has 11 heteroatoms. The predicted octanol–water partition coefficient (Wildman–Crippen LogP) is 0.705. The van der Waals surface area contributed by atoms with Crippen LogP contribution in [0, 0.1) is 0 Å². The quantitative estimate of drug-likeness (QED) is 0.516. The zero-order valence-corrected chi connectivity index (χ0v) is 16.8. The fourth-order valence-electron chi connectivity index (χ4n) is 3.17. The lowest BCUT2D eigenvalue weighted by molar-refractivity contribution is 0.121. The van der Waals surface area contributed by atoms with Gasteiger partial charge in [-0.1, -0.05) is 0 Å². The molecule has 0 aliphatic carbocycles. The number of rotatable bonds is 6. The number of hydrogen-bond acceptors (Lipinski definition) is 11. The molecule has 1 aromatic heterocycles. The van der Waals surface area contributed by atoms with Crippen molar-refractivity contribution in [2.24, 2.45) is 5.10 Å². The van der Waals surface area contributed by atoms with E-state index in [0.717, 1.165) is 26.2 Å². The number of morpholine rings is 2. The Balaban J connectivity index is 1.53. The van der Waals surface area contributed by atoms with Gasteiger partial charge in [-0.3, -0.25) is 0 Å². The summed E-state index contributed by atoms with van der Waals surface area (Å²) >= 11 is 0. The van der Waals surface area contributed by atoms with Crippen molar-refractivity contribution in [1.82, 2.24) is 15.0 Å². The minimum atomic E-state index is 0.0471. The number of hydrogen-bond donors (Lipinski definition) is 2. The van der Waals surface area contributed by atoms with Crippen LogP contribution in [0.5, 0.6) is 11.5 Å². The lowest BCUT2D eigenvalue weighted by Gasteiger charge is -2.30. The number of methoxy groups -OCH3 is 1. The number of ether oxygens (including phenoxy) is 3. The SMILES string of the molecule is COc1ccc(/C=N/Nc2nc(N3CCOCC3)nc(N3CCOCC3)n2)cc1O. The average Bonchev–Trinajstić information content (AvgIpc) is 2.80. The van der Waals surface area contributed by atoms with Crippen LogP contribution in [-0.4, -0.2) is 86.0 Å². The largest absolute Gasteiger partial charge is 0.504 e. The second-order valence-electron chi connectivity index (χ2n) is 6.76. The zero-order valence-electron chi connectivity index (χ0n) is 16.8. The van der Waals surface area contributed by atoms with Crippen LogP contribution >= 0.6 is 0 Å². The first kappa shape index (κ1) is 20.1. The van der Waals surface area contributed by atoms with Crippen LogP contribution < -0.4 is 20.0 Å². The van der Waals surface area contributed by atoms with Crippen LogP contribution in [0.3, 0.4) is 0 Å². The van der Waals surface area contributed by atoms with E-state index >= 15 is 0 Å². The Morgan fingerprint density at radius 1 is 1.00 bits per heavy atom. The molecule has 2 N–H and O–H groups in total. The van der Waals surface area contributed by atoms with E-state index in [1.165, 1.54) is 7.11 Å². The Bertz CT molecular complexity index is 847. The van der Waals surface area contributed by atoms with Gasteiger partial charge < -0.3 is 29.1 Å². The molecule has 3 heterocycles. The van der Waals surface area contributed by atoms with Crippen molar-refractivity contribution in [3.05, 3.63) is 23.8 Å². The summed E-state index contributed by atoms with van der Waals surface area (Å²) in [5.74, 6) is 1.99. The summed E-state index contributed by atoms with van der Waals surface area (Å²) in [6, 6.07) is 5.03. The molecule has 0 amide bonds. The number of nitrogens with zero attached hydrogens (tertiary/aromatic N) is 6. The van der Waals surface area contributed by atoms with Crippen LogP contribution in [0.1, 0.15) is 5.56 Å². The summed E-state index contributed by atoms with van der Waals surface area (Å²) < 4.78 is 15.9. The van der Waals surface area contributed by atoms with E-state index in [9.17, 15) is 5.11 Å². The van der Waals surface area contributed by atoms with Gasteiger partial charge in [-0.25, -0.2) is 5.43 Å². The second kappa shape index (κ2) is 9.55. The van der Waals surface area contributed by atoms with Crippen molar-refractivity contribution in [3.8, 4) is 11.5 Å². The van der Waals surface area contributed by atoms with Gasteiger partial charge >= 0.3 is 0 Å². The summed E-state index contributed by atoms with van der Waals surface area (Å²) in [6.07, 6.45) is 1.58. The van der Waals surface area contributed by atoms with Crippen molar-refractivity contribution in [3.63, 3.8) is 0 Å². The van der Waals surface area contributed by atoms with Gasteiger partial charge in [0.25, 0.3) is 0 Å².